The highest BCUT2D eigenvalue weighted by Crippen LogP contribution is 2.60. The number of hydrogen-bond donors (Lipinski definition) is 1. The van der Waals surface area contributed by atoms with Crippen LogP contribution >= 0.6 is 23.2 Å². The molecule has 0 saturated heterocycles. The number of carbonyl (C=O) groups excluding carboxylic acids is 1. The maximum absolute atomic E-state index is 13.5. The summed E-state index contributed by atoms with van der Waals surface area (Å²) in [4.78, 5) is 13.5. The largest absolute Gasteiger partial charge is 0.351 e. The van der Waals surface area contributed by atoms with Gasteiger partial charge in [-0.1, -0.05) is 83.9 Å². The molecule has 0 radical (unpaired) electrons. The van der Waals surface area contributed by atoms with E-state index in [2.05, 4.69) is 60.8 Å². The molecular formula is C25H21Cl2NO. The lowest BCUT2D eigenvalue weighted by molar-refractivity contribution is -0.132. The maximum atomic E-state index is 13.5. The molecule has 4 heteroatoms. The molecule has 2 bridgehead atoms. The van der Waals surface area contributed by atoms with Crippen LogP contribution in [0.4, 0.5) is 0 Å². The first kappa shape index (κ1) is 18.7. The van der Waals surface area contributed by atoms with Crippen molar-refractivity contribution in [3.05, 3.63) is 105 Å². The molecule has 1 amide bonds. The van der Waals surface area contributed by atoms with Gasteiger partial charge in [-0.25, -0.2) is 0 Å². The van der Waals surface area contributed by atoms with Crippen LogP contribution in [0.2, 0.25) is 10.0 Å². The quantitative estimate of drug-likeness (QED) is 0.528. The van der Waals surface area contributed by atoms with Crippen LogP contribution < -0.4 is 5.32 Å². The third-order valence-corrected chi connectivity index (χ3v) is 7.48. The average molecular weight is 422 g/mol. The zero-order chi connectivity index (χ0) is 20.2. The Labute approximate surface area is 180 Å². The Bertz CT molecular complexity index is 1080. The van der Waals surface area contributed by atoms with Gasteiger partial charge in [0.05, 0.1) is 15.5 Å². The molecule has 0 aliphatic heterocycles. The highest BCUT2D eigenvalue weighted by Gasteiger charge is 2.53. The molecule has 3 aromatic carbocycles. The average Bonchev–Trinajstić information content (AvgIpc) is 2.74. The number of fused-ring (bicyclic) bond motifs is 1. The van der Waals surface area contributed by atoms with Crippen LogP contribution in [-0.4, -0.2) is 5.91 Å². The maximum Gasteiger partial charge on any atom is 0.227 e. The first-order chi connectivity index (χ1) is 14.0. The third kappa shape index (κ3) is 2.81. The van der Waals surface area contributed by atoms with Crippen molar-refractivity contribution in [3.8, 4) is 0 Å². The van der Waals surface area contributed by atoms with E-state index in [1.54, 1.807) is 6.07 Å². The first-order valence-electron chi connectivity index (χ1n) is 9.89. The number of hydrogen-bond acceptors (Lipinski definition) is 1. The number of rotatable bonds is 3. The minimum absolute atomic E-state index is 0.0507. The van der Waals surface area contributed by atoms with Crippen LogP contribution in [0.5, 0.6) is 0 Å². The van der Waals surface area contributed by atoms with E-state index < -0.39 is 5.41 Å². The standard InChI is InChI=1S/C25H21Cl2NO/c1-25(24(29)28-14-15-7-6-12-21(26)23(15)27)13-20-16-8-2-4-10-18(16)22(25)19-11-5-3-9-17(19)20/h2-12,20,22H,13-14H2,1H3,(H,28,29). The Morgan fingerprint density at radius 2 is 1.52 bits per heavy atom. The van der Waals surface area contributed by atoms with Gasteiger partial charge in [-0.05, 0) is 47.2 Å². The van der Waals surface area contributed by atoms with E-state index in [0.29, 0.717) is 16.6 Å². The van der Waals surface area contributed by atoms with E-state index in [0.717, 1.165) is 12.0 Å². The SMILES string of the molecule is CC1(C(=O)NCc2cccc(Cl)c2Cl)CC2c3ccccc3C1c1ccccc12. The molecule has 1 unspecified atom stereocenters. The molecule has 0 saturated carbocycles. The first-order valence-corrected chi connectivity index (χ1v) is 10.6. The summed E-state index contributed by atoms with van der Waals surface area (Å²) in [6, 6.07) is 22.6. The van der Waals surface area contributed by atoms with Crippen LogP contribution in [0, 0.1) is 5.41 Å². The fraction of sp³-hybridized carbons (Fsp3) is 0.240. The molecule has 3 aliphatic rings. The molecule has 1 N–H and O–H groups in total. The molecule has 6 rings (SSSR count). The second-order valence-corrected chi connectivity index (χ2v) is 9.05. The summed E-state index contributed by atoms with van der Waals surface area (Å²) in [6.07, 6.45) is 0.806. The van der Waals surface area contributed by atoms with Crippen molar-refractivity contribution in [2.24, 2.45) is 5.41 Å². The Hall–Kier alpha value is -2.29. The molecular weight excluding hydrogens is 401 g/mol. The number of carbonyl (C=O) groups is 1. The lowest BCUT2D eigenvalue weighted by Crippen LogP contribution is -2.49. The number of benzene rings is 3. The van der Waals surface area contributed by atoms with Crippen molar-refractivity contribution in [2.45, 2.75) is 31.7 Å². The predicted octanol–water partition coefficient (Wildman–Crippen LogP) is 6.30. The molecule has 0 heterocycles. The second kappa shape index (κ2) is 6.90. The van der Waals surface area contributed by atoms with Crippen LogP contribution in [0.15, 0.2) is 66.7 Å². The molecule has 29 heavy (non-hydrogen) atoms. The third-order valence-electron chi connectivity index (χ3n) is 6.62. The van der Waals surface area contributed by atoms with E-state index in [1.165, 1.54) is 22.3 Å². The fourth-order valence-corrected chi connectivity index (χ4v) is 5.64. The van der Waals surface area contributed by atoms with Gasteiger partial charge in [0.15, 0.2) is 0 Å². The van der Waals surface area contributed by atoms with Gasteiger partial charge < -0.3 is 5.32 Å². The van der Waals surface area contributed by atoms with Gasteiger partial charge in [0.25, 0.3) is 0 Å². The van der Waals surface area contributed by atoms with Crippen molar-refractivity contribution in [3.63, 3.8) is 0 Å². The minimum atomic E-state index is -0.515. The normalized spacial score (nSPS) is 24.0. The van der Waals surface area contributed by atoms with Crippen molar-refractivity contribution < 1.29 is 4.79 Å². The molecule has 3 aromatic rings. The van der Waals surface area contributed by atoms with Gasteiger partial charge in [-0.3, -0.25) is 4.79 Å². The van der Waals surface area contributed by atoms with Gasteiger partial charge in [-0.15, -0.1) is 0 Å². The smallest absolute Gasteiger partial charge is 0.227 e. The summed E-state index contributed by atoms with van der Waals surface area (Å²) >= 11 is 12.4. The van der Waals surface area contributed by atoms with Crippen molar-refractivity contribution in [1.29, 1.82) is 0 Å². The summed E-state index contributed by atoms with van der Waals surface area (Å²) in [5, 5.41) is 4.15. The summed E-state index contributed by atoms with van der Waals surface area (Å²) in [7, 11) is 0. The van der Waals surface area contributed by atoms with Crippen molar-refractivity contribution >= 4 is 29.1 Å². The van der Waals surface area contributed by atoms with Crippen molar-refractivity contribution in [1.82, 2.24) is 5.32 Å². The van der Waals surface area contributed by atoms with Gasteiger partial charge in [0.1, 0.15) is 0 Å². The second-order valence-electron chi connectivity index (χ2n) is 8.26. The number of nitrogens with one attached hydrogen (secondary N) is 1. The van der Waals surface area contributed by atoms with E-state index in [9.17, 15) is 4.79 Å². The monoisotopic (exact) mass is 421 g/mol. The molecule has 1 atom stereocenters. The van der Waals surface area contributed by atoms with Gasteiger partial charge in [0.2, 0.25) is 5.91 Å². The van der Waals surface area contributed by atoms with E-state index >= 15 is 0 Å². The fourth-order valence-electron chi connectivity index (χ4n) is 5.25. The van der Waals surface area contributed by atoms with E-state index in [-0.39, 0.29) is 17.7 Å². The molecule has 0 spiro atoms. The Morgan fingerprint density at radius 1 is 0.931 bits per heavy atom. The van der Waals surface area contributed by atoms with Crippen LogP contribution in [-0.2, 0) is 11.3 Å². The Morgan fingerprint density at radius 3 is 2.14 bits per heavy atom. The summed E-state index contributed by atoms with van der Waals surface area (Å²) in [6.45, 7) is 2.47. The van der Waals surface area contributed by atoms with Crippen LogP contribution in [0.25, 0.3) is 0 Å². The lowest BCUT2D eigenvalue weighted by atomic mass is 9.52. The highest BCUT2D eigenvalue weighted by atomic mass is 35.5. The van der Waals surface area contributed by atoms with E-state index in [1.807, 2.05) is 12.1 Å². The highest BCUT2D eigenvalue weighted by molar-refractivity contribution is 6.42. The van der Waals surface area contributed by atoms with Crippen LogP contribution in [0.3, 0.4) is 0 Å². The number of amides is 1. The van der Waals surface area contributed by atoms with Gasteiger partial charge >= 0.3 is 0 Å². The zero-order valence-electron chi connectivity index (χ0n) is 16.1. The van der Waals surface area contributed by atoms with Gasteiger partial charge in [-0.2, -0.15) is 0 Å². The molecule has 0 aromatic heterocycles. The minimum Gasteiger partial charge on any atom is -0.351 e. The Balaban J connectivity index is 1.51. The Kier molecular flexibility index (Phi) is 4.45. The summed E-state index contributed by atoms with van der Waals surface area (Å²) in [5.41, 5.74) is 5.59. The van der Waals surface area contributed by atoms with Gasteiger partial charge in [0, 0.05) is 18.4 Å². The van der Waals surface area contributed by atoms with Crippen molar-refractivity contribution in [2.75, 3.05) is 0 Å². The lowest BCUT2D eigenvalue weighted by Gasteiger charge is -2.50. The number of halogens is 2. The molecule has 146 valence electrons. The topological polar surface area (TPSA) is 29.1 Å². The van der Waals surface area contributed by atoms with E-state index in [4.69, 9.17) is 23.2 Å². The van der Waals surface area contributed by atoms with Crippen LogP contribution in [0.1, 0.15) is 53.0 Å². The molecule has 2 nitrogen and oxygen atoms in total. The predicted molar refractivity (Wildman–Crippen MR) is 118 cm³/mol. The molecule has 3 aliphatic carbocycles. The molecule has 0 fully saturated rings. The zero-order valence-corrected chi connectivity index (χ0v) is 17.6. The summed E-state index contributed by atoms with van der Waals surface area (Å²) in [5.74, 6) is 0.361. The summed E-state index contributed by atoms with van der Waals surface area (Å²) < 4.78 is 0.